The summed E-state index contributed by atoms with van der Waals surface area (Å²) >= 11 is 0. The van der Waals surface area contributed by atoms with E-state index in [9.17, 15) is 20.1 Å². The molecule has 1 heterocycles. The summed E-state index contributed by atoms with van der Waals surface area (Å²) in [5.74, 6) is -1.26. The Labute approximate surface area is 97.0 Å². The summed E-state index contributed by atoms with van der Waals surface area (Å²) in [7, 11) is 0. The number of aliphatic carboxylic acids is 1. The van der Waals surface area contributed by atoms with Crippen molar-refractivity contribution in [1.29, 1.82) is 0 Å². The number of carboxylic acid groups (broad SMARTS) is 1. The maximum Gasteiger partial charge on any atom is 0.332 e. The van der Waals surface area contributed by atoms with Crippen molar-refractivity contribution in [3.8, 4) is 0 Å². The van der Waals surface area contributed by atoms with E-state index in [1.54, 1.807) is 0 Å². The summed E-state index contributed by atoms with van der Waals surface area (Å²) in [4.78, 5) is 10.6. The second-order valence-corrected chi connectivity index (χ2v) is 3.81. The predicted octanol–water partition coefficient (Wildman–Crippen LogP) is -2.72. The average Bonchev–Trinajstić information content (AvgIpc) is 2.29. The molecule has 17 heavy (non-hydrogen) atoms. The normalized spacial score (nSPS) is 39.9. The van der Waals surface area contributed by atoms with Crippen molar-refractivity contribution in [3.05, 3.63) is 0 Å². The third-order valence-electron chi connectivity index (χ3n) is 2.53. The van der Waals surface area contributed by atoms with Gasteiger partial charge in [-0.3, -0.25) is 0 Å². The monoisotopic (exact) mass is 252 g/mol. The number of hydrogen-bond acceptors (Lipinski definition) is 7. The van der Waals surface area contributed by atoms with Gasteiger partial charge in [0.25, 0.3) is 0 Å². The second kappa shape index (κ2) is 5.71. The van der Waals surface area contributed by atoms with Gasteiger partial charge in [0.1, 0.15) is 24.4 Å². The highest BCUT2D eigenvalue weighted by atomic mass is 16.7. The Kier molecular flexibility index (Phi) is 4.80. The Balaban J connectivity index is 2.68. The zero-order valence-corrected chi connectivity index (χ0v) is 9.13. The number of carbonyl (C=O) groups is 1. The fourth-order valence-corrected chi connectivity index (χ4v) is 1.44. The van der Waals surface area contributed by atoms with Crippen LogP contribution in [0.4, 0.5) is 0 Å². The van der Waals surface area contributed by atoms with Crippen molar-refractivity contribution in [2.45, 2.75) is 43.7 Å². The van der Waals surface area contributed by atoms with Crippen LogP contribution in [-0.4, -0.2) is 74.9 Å². The van der Waals surface area contributed by atoms with Gasteiger partial charge in [-0.25, -0.2) is 4.79 Å². The molecule has 0 aromatic heterocycles. The molecule has 0 spiro atoms. The van der Waals surface area contributed by atoms with Crippen LogP contribution in [0.25, 0.3) is 0 Å². The molecule has 1 fully saturated rings. The maximum absolute atomic E-state index is 10.6. The zero-order valence-electron chi connectivity index (χ0n) is 9.13. The van der Waals surface area contributed by atoms with E-state index in [4.69, 9.17) is 19.7 Å². The highest BCUT2D eigenvalue weighted by molar-refractivity contribution is 5.71. The van der Waals surface area contributed by atoms with Gasteiger partial charge in [-0.1, -0.05) is 0 Å². The first-order valence-electron chi connectivity index (χ1n) is 5.07. The second-order valence-electron chi connectivity index (χ2n) is 3.81. The molecule has 0 amide bonds. The van der Waals surface area contributed by atoms with Gasteiger partial charge in [-0.05, 0) is 6.92 Å². The lowest BCUT2D eigenvalue weighted by Crippen LogP contribution is -2.59. The number of hydrogen-bond donors (Lipinski definition) is 5. The third-order valence-corrected chi connectivity index (χ3v) is 2.53. The molecule has 1 aliphatic heterocycles. The molecule has 6 atom stereocenters. The first-order valence-corrected chi connectivity index (χ1v) is 5.07. The van der Waals surface area contributed by atoms with Gasteiger partial charge >= 0.3 is 5.97 Å². The van der Waals surface area contributed by atoms with Crippen LogP contribution in [0.15, 0.2) is 0 Å². The Morgan fingerprint density at radius 1 is 1.29 bits per heavy atom. The van der Waals surface area contributed by atoms with Crippen molar-refractivity contribution in [2.75, 3.05) is 6.61 Å². The van der Waals surface area contributed by atoms with Gasteiger partial charge in [0.15, 0.2) is 12.4 Å². The van der Waals surface area contributed by atoms with E-state index < -0.39 is 49.4 Å². The van der Waals surface area contributed by atoms with Crippen LogP contribution in [0.3, 0.4) is 0 Å². The fourth-order valence-electron chi connectivity index (χ4n) is 1.44. The maximum atomic E-state index is 10.6. The topological polar surface area (TPSA) is 137 Å². The van der Waals surface area contributed by atoms with Crippen LogP contribution in [0.1, 0.15) is 6.92 Å². The lowest BCUT2D eigenvalue weighted by Gasteiger charge is -2.40. The van der Waals surface area contributed by atoms with E-state index in [1.165, 1.54) is 6.92 Å². The highest BCUT2D eigenvalue weighted by Crippen LogP contribution is 2.22. The van der Waals surface area contributed by atoms with Gasteiger partial charge in [0.05, 0.1) is 6.61 Å². The molecule has 3 unspecified atom stereocenters. The first kappa shape index (κ1) is 14.3. The number of carboxylic acids is 1. The third kappa shape index (κ3) is 3.12. The minimum atomic E-state index is -1.59. The van der Waals surface area contributed by atoms with E-state index in [0.29, 0.717) is 0 Å². The minimum Gasteiger partial charge on any atom is -0.479 e. The molecule has 0 radical (unpaired) electrons. The minimum absolute atomic E-state index is 0.591. The standard InChI is InChI=1S/C9H16O8/c1-3(8(14)15)16-9-7(13)6(12)5(11)4(2-10)17-9/h3-7,9-13H,2H2,1H3,(H,14,15)/t3-,4?,5+,6-,7?,9?/m0/s1. The van der Waals surface area contributed by atoms with Gasteiger partial charge < -0.3 is 35.0 Å². The zero-order chi connectivity index (χ0) is 13.2. The van der Waals surface area contributed by atoms with Gasteiger partial charge in [0.2, 0.25) is 0 Å². The van der Waals surface area contributed by atoms with E-state index in [-0.39, 0.29) is 0 Å². The van der Waals surface area contributed by atoms with E-state index in [2.05, 4.69) is 0 Å². The van der Waals surface area contributed by atoms with Crippen LogP contribution < -0.4 is 0 Å². The molecule has 8 nitrogen and oxygen atoms in total. The molecular weight excluding hydrogens is 236 g/mol. The highest BCUT2D eigenvalue weighted by Gasteiger charge is 2.44. The largest absolute Gasteiger partial charge is 0.479 e. The molecule has 0 bridgehead atoms. The summed E-state index contributed by atoms with van der Waals surface area (Å²) in [6, 6.07) is 0. The fraction of sp³-hybridized carbons (Fsp3) is 0.889. The van der Waals surface area contributed by atoms with E-state index in [1.807, 2.05) is 0 Å². The van der Waals surface area contributed by atoms with Crippen molar-refractivity contribution in [1.82, 2.24) is 0 Å². The number of aliphatic hydroxyl groups is 4. The molecule has 5 N–H and O–H groups in total. The first-order chi connectivity index (χ1) is 7.88. The van der Waals surface area contributed by atoms with Gasteiger partial charge in [-0.2, -0.15) is 0 Å². The van der Waals surface area contributed by atoms with Crippen LogP contribution in [-0.2, 0) is 14.3 Å². The molecule has 1 saturated heterocycles. The molecule has 100 valence electrons. The lowest BCUT2D eigenvalue weighted by molar-refractivity contribution is -0.308. The average molecular weight is 252 g/mol. The molecule has 0 aromatic rings. The Morgan fingerprint density at radius 2 is 1.88 bits per heavy atom. The summed E-state index contributed by atoms with van der Waals surface area (Å²) < 4.78 is 9.82. The summed E-state index contributed by atoms with van der Waals surface area (Å²) in [6.45, 7) is 0.635. The van der Waals surface area contributed by atoms with Crippen molar-refractivity contribution >= 4 is 5.97 Å². The van der Waals surface area contributed by atoms with Crippen LogP contribution in [0.5, 0.6) is 0 Å². The summed E-state index contributed by atoms with van der Waals surface area (Å²) in [5, 5.41) is 45.9. The molecule has 1 aliphatic rings. The van der Waals surface area contributed by atoms with Crippen LogP contribution in [0.2, 0.25) is 0 Å². The quantitative estimate of drug-likeness (QED) is 0.364. The molecule has 0 saturated carbocycles. The molecule has 0 aliphatic carbocycles. The number of aliphatic hydroxyl groups excluding tert-OH is 4. The molecular formula is C9H16O8. The van der Waals surface area contributed by atoms with Crippen LogP contribution >= 0.6 is 0 Å². The van der Waals surface area contributed by atoms with Crippen molar-refractivity contribution in [3.63, 3.8) is 0 Å². The number of ether oxygens (including phenoxy) is 2. The lowest BCUT2D eigenvalue weighted by atomic mass is 9.99. The Bertz CT molecular complexity index is 268. The molecule has 8 heteroatoms. The van der Waals surface area contributed by atoms with Crippen molar-refractivity contribution < 1.29 is 39.8 Å². The van der Waals surface area contributed by atoms with Gasteiger partial charge in [-0.15, -0.1) is 0 Å². The summed E-state index contributed by atoms with van der Waals surface area (Å²) in [5.41, 5.74) is 0. The van der Waals surface area contributed by atoms with Gasteiger partial charge in [0, 0.05) is 0 Å². The Hall–Kier alpha value is -0.770. The van der Waals surface area contributed by atoms with Crippen LogP contribution in [0, 0.1) is 0 Å². The van der Waals surface area contributed by atoms with E-state index in [0.717, 1.165) is 0 Å². The number of rotatable bonds is 4. The van der Waals surface area contributed by atoms with Crippen molar-refractivity contribution in [2.24, 2.45) is 0 Å². The predicted molar refractivity (Wildman–Crippen MR) is 52.0 cm³/mol. The SMILES string of the molecule is C[C@H](OC1OC(CO)[C@@H](O)[C@H](O)C1O)C(=O)O. The van der Waals surface area contributed by atoms with E-state index >= 15 is 0 Å². The molecule has 0 aromatic carbocycles. The summed E-state index contributed by atoms with van der Waals surface area (Å²) in [6.07, 6.45) is -8.44. The molecule has 1 rings (SSSR count). The smallest absolute Gasteiger partial charge is 0.332 e. The Morgan fingerprint density at radius 3 is 2.35 bits per heavy atom.